The van der Waals surface area contributed by atoms with Crippen molar-refractivity contribution in [3.63, 3.8) is 0 Å². The summed E-state index contributed by atoms with van der Waals surface area (Å²) in [5.74, 6) is 1.07. The molecule has 0 aliphatic carbocycles. The molecule has 6 nitrogen and oxygen atoms in total. The average molecular weight is 365 g/mol. The molecular formula is C21H23N3O3. The number of carboxylic acid groups (broad SMARTS) is 1. The van der Waals surface area contributed by atoms with Gasteiger partial charge in [-0.05, 0) is 51.1 Å². The first kappa shape index (κ1) is 18.6. The van der Waals surface area contributed by atoms with Crippen LogP contribution in [0.2, 0.25) is 0 Å². The number of para-hydroxylation sites is 1. The summed E-state index contributed by atoms with van der Waals surface area (Å²) < 4.78 is 5.40. The SMILES string of the molecule is COc1ccc(N(C)c2nc(C)nc3ccccc23)cc1C(C)(C)C(=O)O. The first-order valence-corrected chi connectivity index (χ1v) is 8.64. The fraction of sp³-hybridized carbons (Fsp3) is 0.286. The highest BCUT2D eigenvalue weighted by molar-refractivity contribution is 5.91. The third-order valence-electron chi connectivity index (χ3n) is 4.79. The summed E-state index contributed by atoms with van der Waals surface area (Å²) in [7, 11) is 3.45. The minimum absolute atomic E-state index is 0.545. The molecule has 0 saturated heterocycles. The molecule has 3 aromatic rings. The van der Waals surface area contributed by atoms with Crippen LogP contribution in [0, 0.1) is 6.92 Å². The molecule has 0 spiro atoms. The van der Waals surface area contributed by atoms with Gasteiger partial charge in [0.15, 0.2) is 0 Å². The van der Waals surface area contributed by atoms with Crippen LogP contribution >= 0.6 is 0 Å². The minimum atomic E-state index is -1.09. The van der Waals surface area contributed by atoms with Crippen molar-refractivity contribution in [2.75, 3.05) is 19.1 Å². The number of carbonyl (C=O) groups is 1. The number of hydrogen-bond donors (Lipinski definition) is 1. The number of carboxylic acids is 1. The third kappa shape index (κ3) is 3.30. The molecule has 2 aromatic carbocycles. The number of anilines is 2. The highest BCUT2D eigenvalue weighted by atomic mass is 16.5. The molecule has 140 valence electrons. The smallest absolute Gasteiger partial charge is 0.313 e. The van der Waals surface area contributed by atoms with Crippen LogP contribution in [0.15, 0.2) is 42.5 Å². The van der Waals surface area contributed by atoms with Crippen molar-refractivity contribution >= 4 is 28.4 Å². The molecule has 0 amide bonds. The summed E-state index contributed by atoms with van der Waals surface area (Å²) in [5.41, 5.74) is 1.21. The average Bonchev–Trinajstić information content (AvgIpc) is 2.66. The van der Waals surface area contributed by atoms with Crippen molar-refractivity contribution in [2.24, 2.45) is 0 Å². The Morgan fingerprint density at radius 1 is 1.15 bits per heavy atom. The van der Waals surface area contributed by atoms with Gasteiger partial charge in [0, 0.05) is 23.7 Å². The molecule has 1 heterocycles. The van der Waals surface area contributed by atoms with Crippen LogP contribution in [-0.4, -0.2) is 35.2 Å². The highest BCUT2D eigenvalue weighted by Gasteiger charge is 2.33. The van der Waals surface area contributed by atoms with Crippen molar-refractivity contribution in [3.8, 4) is 5.75 Å². The zero-order valence-corrected chi connectivity index (χ0v) is 16.1. The summed E-state index contributed by atoms with van der Waals surface area (Å²) in [6.07, 6.45) is 0. The van der Waals surface area contributed by atoms with E-state index in [9.17, 15) is 9.90 Å². The largest absolute Gasteiger partial charge is 0.496 e. The van der Waals surface area contributed by atoms with Gasteiger partial charge in [0.25, 0.3) is 0 Å². The van der Waals surface area contributed by atoms with E-state index in [2.05, 4.69) is 9.97 Å². The number of ether oxygens (including phenoxy) is 1. The van der Waals surface area contributed by atoms with Gasteiger partial charge in [0.1, 0.15) is 17.4 Å². The molecule has 0 atom stereocenters. The van der Waals surface area contributed by atoms with Crippen molar-refractivity contribution in [2.45, 2.75) is 26.2 Å². The molecule has 6 heteroatoms. The maximum absolute atomic E-state index is 11.8. The molecule has 0 aliphatic heterocycles. The molecule has 27 heavy (non-hydrogen) atoms. The number of hydrogen-bond acceptors (Lipinski definition) is 5. The van der Waals surface area contributed by atoms with E-state index < -0.39 is 11.4 Å². The predicted molar refractivity (Wildman–Crippen MR) is 106 cm³/mol. The van der Waals surface area contributed by atoms with E-state index in [4.69, 9.17) is 4.74 Å². The van der Waals surface area contributed by atoms with E-state index in [-0.39, 0.29) is 0 Å². The summed E-state index contributed by atoms with van der Waals surface area (Å²) in [6, 6.07) is 13.4. The number of aromatic nitrogens is 2. The van der Waals surface area contributed by atoms with Gasteiger partial charge >= 0.3 is 5.97 Å². The van der Waals surface area contributed by atoms with E-state index in [0.717, 1.165) is 22.4 Å². The number of aryl methyl sites for hydroxylation is 1. The first-order chi connectivity index (χ1) is 12.8. The van der Waals surface area contributed by atoms with Gasteiger partial charge in [-0.1, -0.05) is 12.1 Å². The lowest BCUT2D eigenvalue weighted by atomic mass is 9.84. The fourth-order valence-electron chi connectivity index (χ4n) is 3.06. The van der Waals surface area contributed by atoms with Crippen molar-refractivity contribution in [1.82, 2.24) is 9.97 Å². The van der Waals surface area contributed by atoms with Crippen LogP contribution in [0.5, 0.6) is 5.75 Å². The molecule has 0 bridgehead atoms. The summed E-state index contributed by atoms with van der Waals surface area (Å²) in [4.78, 5) is 22.8. The number of methoxy groups -OCH3 is 1. The topological polar surface area (TPSA) is 75.5 Å². The zero-order chi connectivity index (χ0) is 19.8. The van der Waals surface area contributed by atoms with E-state index >= 15 is 0 Å². The predicted octanol–water partition coefficient (Wildman–Crippen LogP) is 4.08. The van der Waals surface area contributed by atoms with Crippen LogP contribution in [0.4, 0.5) is 11.5 Å². The quantitative estimate of drug-likeness (QED) is 0.734. The molecule has 0 fully saturated rings. The van der Waals surface area contributed by atoms with Crippen molar-refractivity contribution in [3.05, 3.63) is 53.9 Å². The number of fused-ring (bicyclic) bond motifs is 1. The van der Waals surface area contributed by atoms with Gasteiger partial charge in [-0.3, -0.25) is 4.79 Å². The van der Waals surface area contributed by atoms with Gasteiger partial charge in [0.05, 0.1) is 18.0 Å². The lowest BCUT2D eigenvalue weighted by Gasteiger charge is -2.26. The Bertz CT molecular complexity index is 1010. The van der Waals surface area contributed by atoms with Crippen molar-refractivity contribution < 1.29 is 14.6 Å². The summed E-state index contributed by atoms with van der Waals surface area (Å²) in [6.45, 7) is 5.19. The Morgan fingerprint density at radius 2 is 1.85 bits per heavy atom. The molecule has 0 unspecified atom stereocenters. The number of benzene rings is 2. The Labute approximate surface area is 158 Å². The molecule has 0 saturated carbocycles. The normalized spacial score (nSPS) is 11.4. The second-order valence-corrected chi connectivity index (χ2v) is 6.99. The standard InChI is InChI=1S/C21H23N3O3/c1-13-22-17-9-7-6-8-15(17)19(23-13)24(4)14-10-11-18(27-5)16(12-14)21(2,3)20(25)26/h6-12H,1-5H3,(H,25,26). The fourth-order valence-corrected chi connectivity index (χ4v) is 3.06. The van der Waals surface area contributed by atoms with Gasteiger partial charge in [0.2, 0.25) is 0 Å². The molecule has 1 N–H and O–H groups in total. The first-order valence-electron chi connectivity index (χ1n) is 8.64. The second-order valence-electron chi connectivity index (χ2n) is 6.99. The number of aliphatic carboxylic acids is 1. The van der Waals surface area contributed by atoms with Gasteiger partial charge < -0.3 is 14.7 Å². The Balaban J connectivity index is 2.16. The Kier molecular flexibility index (Phi) is 4.74. The van der Waals surface area contributed by atoms with Crippen LogP contribution in [0.3, 0.4) is 0 Å². The third-order valence-corrected chi connectivity index (χ3v) is 4.79. The molecule has 0 aliphatic rings. The molecule has 1 aromatic heterocycles. The van der Waals surface area contributed by atoms with Gasteiger partial charge in [-0.25, -0.2) is 9.97 Å². The van der Waals surface area contributed by atoms with Crippen molar-refractivity contribution in [1.29, 1.82) is 0 Å². The second kappa shape index (κ2) is 6.87. The maximum atomic E-state index is 11.8. The van der Waals surface area contributed by atoms with Crippen LogP contribution < -0.4 is 9.64 Å². The lowest BCUT2D eigenvalue weighted by molar-refractivity contribution is -0.142. The van der Waals surface area contributed by atoms with E-state index in [0.29, 0.717) is 17.1 Å². The number of nitrogens with zero attached hydrogens (tertiary/aromatic N) is 3. The lowest BCUT2D eigenvalue weighted by Crippen LogP contribution is -2.29. The van der Waals surface area contributed by atoms with Gasteiger partial charge in [-0.2, -0.15) is 0 Å². The molecule has 0 radical (unpaired) electrons. The Morgan fingerprint density at radius 3 is 2.52 bits per heavy atom. The van der Waals surface area contributed by atoms with E-state index in [1.807, 2.05) is 55.3 Å². The van der Waals surface area contributed by atoms with Gasteiger partial charge in [-0.15, -0.1) is 0 Å². The minimum Gasteiger partial charge on any atom is -0.496 e. The molecule has 3 rings (SSSR count). The highest BCUT2D eigenvalue weighted by Crippen LogP contribution is 2.37. The monoisotopic (exact) mass is 365 g/mol. The van der Waals surface area contributed by atoms with Crippen LogP contribution in [0.25, 0.3) is 10.9 Å². The van der Waals surface area contributed by atoms with Crippen LogP contribution in [-0.2, 0) is 10.2 Å². The summed E-state index contributed by atoms with van der Waals surface area (Å²) >= 11 is 0. The maximum Gasteiger partial charge on any atom is 0.313 e. The molecular weight excluding hydrogens is 342 g/mol. The van der Waals surface area contributed by atoms with Crippen LogP contribution in [0.1, 0.15) is 25.2 Å². The van der Waals surface area contributed by atoms with E-state index in [1.54, 1.807) is 27.0 Å². The van der Waals surface area contributed by atoms with E-state index in [1.165, 1.54) is 0 Å². The zero-order valence-electron chi connectivity index (χ0n) is 16.1. The summed E-state index contributed by atoms with van der Waals surface area (Å²) in [5, 5.41) is 10.6. The number of rotatable bonds is 5. The Hall–Kier alpha value is -3.15.